The molecule has 1 atom stereocenters. The number of aromatic nitrogens is 3. The van der Waals surface area contributed by atoms with Gasteiger partial charge in [0.1, 0.15) is 12.4 Å². The lowest BCUT2D eigenvalue weighted by Gasteiger charge is -2.32. The summed E-state index contributed by atoms with van der Waals surface area (Å²) in [6, 6.07) is 22.6. The van der Waals surface area contributed by atoms with Gasteiger partial charge in [0.15, 0.2) is 11.8 Å². The van der Waals surface area contributed by atoms with E-state index in [0.29, 0.717) is 58.6 Å². The SMILES string of the molecule is C=CCCc1ccccc1-c1cccc(-c2cc3nc(C)c(C(OC(C)(C)C)C(=O)OC)c(-c4ccc5c(c4Cl)N(CC=C)CCO5)n3n2)c1. The van der Waals surface area contributed by atoms with Crippen LogP contribution in [0.15, 0.2) is 92.0 Å². The van der Waals surface area contributed by atoms with Crippen molar-refractivity contribution in [1.29, 1.82) is 0 Å². The highest BCUT2D eigenvalue weighted by molar-refractivity contribution is 6.36. The molecule has 0 bridgehead atoms. The largest absolute Gasteiger partial charge is 0.490 e. The second-order valence-corrected chi connectivity index (χ2v) is 13.7. The zero-order valence-electron chi connectivity index (χ0n) is 29.3. The number of aryl methyl sites for hydroxylation is 2. The molecule has 0 aliphatic carbocycles. The summed E-state index contributed by atoms with van der Waals surface area (Å²) in [5, 5.41) is 5.62. The number of esters is 1. The summed E-state index contributed by atoms with van der Waals surface area (Å²) in [5.74, 6) is 0.128. The van der Waals surface area contributed by atoms with Gasteiger partial charge in [-0.1, -0.05) is 66.2 Å². The fraction of sp³-hybridized carbons (Fsp3) is 0.293. The van der Waals surface area contributed by atoms with Crippen LogP contribution in [0, 0.1) is 6.92 Å². The van der Waals surface area contributed by atoms with Crippen molar-refractivity contribution >= 4 is 28.9 Å². The number of hydrogen-bond donors (Lipinski definition) is 0. The second kappa shape index (κ2) is 14.5. The van der Waals surface area contributed by atoms with Crippen LogP contribution in [0.3, 0.4) is 0 Å². The molecule has 0 saturated carbocycles. The van der Waals surface area contributed by atoms with E-state index in [-0.39, 0.29) is 0 Å². The molecule has 3 heterocycles. The van der Waals surface area contributed by atoms with Gasteiger partial charge < -0.3 is 19.1 Å². The van der Waals surface area contributed by atoms with Crippen LogP contribution in [0.4, 0.5) is 5.69 Å². The third-order valence-electron chi connectivity index (χ3n) is 8.70. The van der Waals surface area contributed by atoms with Gasteiger partial charge in [-0.25, -0.2) is 14.3 Å². The van der Waals surface area contributed by atoms with E-state index in [1.54, 1.807) is 4.52 Å². The van der Waals surface area contributed by atoms with Gasteiger partial charge in [0.05, 0.1) is 41.4 Å². The Kier molecular flexibility index (Phi) is 10.1. The van der Waals surface area contributed by atoms with Gasteiger partial charge in [0, 0.05) is 35.0 Å². The van der Waals surface area contributed by atoms with Crippen LogP contribution >= 0.6 is 11.6 Å². The van der Waals surface area contributed by atoms with Crippen molar-refractivity contribution in [1.82, 2.24) is 14.6 Å². The van der Waals surface area contributed by atoms with Crippen LogP contribution in [-0.2, 0) is 20.7 Å². The number of carbonyl (C=O) groups is 1. The summed E-state index contributed by atoms with van der Waals surface area (Å²) in [6.07, 6.45) is 4.48. The molecule has 258 valence electrons. The second-order valence-electron chi connectivity index (χ2n) is 13.3. The number of hydrogen-bond acceptors (Lipinski definition) is 7. The molecule has 9 heteroatoms. The summed E-state index contributed by atoms with van der Waals surface area (Å²) in [4.78, 5) is 20.6. The Hall–Kier alpha value is -4.92. The number of halogens is 1. The lowest BCUT2D eigenvalue weighted by Crippen LogP contribution is -2.33. The number of nitrogens with zero attached hydrogens (tertiary/aromatic N) is 4. The number of allylic oxidation sites excluding steroid dienone is 1. The third kappa shape index (κ3) is 6.91. The number of ether oxygens (including phenoxy) is 3. The molecule has 0 fully saturated rings. The molecular formula is C41H43ClN4O4. The lowest BCUT2D eigenvalue weighted by atomic mass is 9.95. The first-order valence-electron chi connectivity index (χ1n) is 16.8. The molecule has 0 amide bonds. The quantitative estimate of drug-likeness (QED) is 0.101. The van der Waals surface area contributed by atoms with Crippen molar-refractivity contribution in [2.45, 2.75) is 52.2 Å². The third-order valence-corrected chi connectivity index (χ3v) is 9.08. The Morgan fingerprint density at radius 1 is 1.04 bits per heavy atom. The zero-order valence-corrected chi connectivity index (χ0v) is 30.1. The van der Waals surface area contributed by atoms with Gasteiger partial charge in [-0.15, -0.1) is 13.2 Å². The van der Waals surface area contributed by atoms with Crippen LogP contribution in [0.1, 0.15) is 50.1 Å². The summed E-state index contributed by atoms with van der Waals surface area (Å²) < 4.78 is 19.5. The normalized spacial score (nSPS) is 13.4. The molecule has 3 aromatic carbocycles. The van der Waals surface area contributed by atoms with E-state index in [1.807, 2.05) is 70.2 Å². The van der Waals surface area contributed by atoms with Crippen molar-refractivity contribution in [3.05, 3.63) is 114 Å². The number of benzene rings is 3. The van der Waals surface area contributed by atoms with E-state index in [0.717, 1.165) is 35.3 Å². The highest BCUT2D eigenvalue weighted by atomic mass is 35.5. The van der Waals surface area contributed by atoms with E-state index < -0.39 is 17.7 Å². The number of fused-ring (bicyclic) bond motifs is 2. The van der Waals surface area contributed by atoms with Gasteiger partial charge in [0.25, 0.3) is 0 Å². The molecule has 6 rings (SSSR count). The van der Waals surface area contributed by atoms with Crippen molar-refractivity contribution in [3.8, 4) is 39.4 Å². The van der Waals surface area contributed by atoms with Gasteiger partial charge in [0.2, 0.25) is 0 Å². The highest BCUT2D eigenvalue weighted by Crippen LogP contribution is 2.46. The van der Waals surface area contributed by atoms with Gasteiger partial charge in [-0.3, -0.25) is 0 Å². The first kappa shape index (κ1) is 34.9. The maximum absolute atomic E-state index is 13.5. The van der Waals surface area contributed by atoms with Crippen molar-refractivity contribution in [2.75, 3.05) is 31.7 Å². The summed E-state index contributed by atoms with van der Waals surface area (Å²) in [6.45, 7) is 17.2. The van der Waals surface area contributed by atoms with Crippen LogP contribution in [0.5, 0.6) is 5.75 Å². The molecule has 5 aromatic rings. The van der Waals surface area contributed by atoms with E-state index in [1.165, 1.54) is 18.2 Å². The first-order chi connectivity index (χ1) is 24.0. The number of anilines is 1. The zero-order chi connectivity index (χ0) is 35.6. The van der Waals surface area contributed by atoms with Gasteiger partial charge in [-0.05, 0) is 75.4 Å². The Morgan fingerprint density at radius 2 is 1.82 bits per heavy atom. The molecule has 0 spiro atoms. The molecule has 8 nitrogen and oxygen atoms in total. The Labute approximate surface area is 299 Å². The smallest absolute Gasteiger partial charge is 0.339 e. The average molecular weight is 691 g/mol. The molecule has 1 unspecified atom stereocenters. The van der Waals surface area contributed by atoms with E-state index in [4.69, 9.17) is 35.9 Å². The molecule has 0 N–H and O–H groups in total. The van der Waals surface area contributed by atoms with Crippen LogP contribution < -0.4 is 9.64 Å². The van der Waals surface area contributed by atoms with Gasteiger partial charge in [-0.2, -0.15) is 5.10 Å². The summed E-state index contributed by atoms with van der Waals surface area (Å²) >= 11 is 7.35. The summed E-state index contributed by atoms with van der Waals surface area (Å²) in [7, 11) is 1.35. The highest BCUT2D eigenvalue weighted by Gasteiger charge is 2.35. The molecule has 0 saturated heterocycles. The minimum absolute atomic E-state index is 0.465. The van der Waals surface area contributed by atoms with Crippen molar-refractivity contribution < 1.29 is 19.0 Å². The Morgan fingerprint density at radius 3 is 2.56 bits per heavy atom. The number of methoxy groups -OCH3 is 1. The van der Waals surface area contributed by atoms with Crippen LogP contribution in [-0.4, -0.2) is 53.0 Å². The van der Waals surface area contributed by atoms with E-state index in [9.17, 15) is 4.79 Å². The Balaban J connectivity index is 1.60. The van der Waals surface area contributed by atoms with E-state index >= 15 is 0 Å². The maximum Gasteiger partial charge on any atom is 0.339 e. The fourth-order valence-corrected chi connectivity index (χ4v) is 6.88. The molecule has 1 aliphatic heterocycles. The van der Waals surface area contributed by atoms with E-state index in [2.05, 4.69) is 54.5 Å². The molecule has 2 aromatic heterocycles. The van der Waals surface area contributed by atoms with Crippen LogP contribution in [0.2, 0.25) is 5.02 Å². The predicted octanol–water partition coefficient (Wildman–Crippen LogP) is 9.22. The fourth-order valence-electron chi connectivity index (χ4n) is 6.51. The number of carbonyl (C=O) groups excluding carboxylic acids is 1. The summed E-state index contributed by atoms with van der Waals surface area (Å²) in [5.41, 5.74) is 8.18. The first-order valence-corrected chi connectivity index (χ1v) is 17.2. The van der Waals surface area contributed by atoms with Gasteiger partial charge >= 0.3 is 5.97 Å². The average Bonchev–Trinajstić information content (AvgIpc) is 3.53. The van der Waals surface area contributed by atoms with Crippen LogP contribution in [0.25, 0.3) is 39.3 Å². The lowest BCUT2D eigenvalue weighted by molar-refractivity contribution is -0.164. The monoisotopic (exact) mass is 690 g/mol. The standard InChI is InChI=1S/C41H43ClN4O4/c1-8-10-14-27-15-11-12-18-30(27)28-16-13-17-29(24-28)32-25-34-43-26(3)35(39(40(47)48-7)50-41(4,5)6)37(46(34)44-32)31-19-20-33-38(36(31)42)45(21-9-2)22-23-49-33/h8-9,11-13,15-20,24-25,39H,1-2,10,14,21-23H2,3-7H3. The minimum atomic E-state index is -1.11. The number of rotatable bonds is 11. The maximum atomic E-state index is 13.5. The minimum Gasteiger partial charge on any atom is -0.490 e. The topological polar surface area (TPSA) is 78.2 Å². The van der Waals surface area contributed by atoms with Crippen molar-refractivity contribution in [3.63, 3.8) is 0 Å². The molecule has 50 heavy (non-hydrogen) atoms. The van der Waals surface area contributed by atoms with Crippen molar-refractivity contribution in [2.24, 2.45) is 0 Å². The molecule has 0 radical (unpaired) electrons. The predicted molar refractivity (Wildman–Crippen MR) is 201 cm³/mol. The molecular weight excluding hydrogens is 648 g/mol. The molecule has 1 aliphatic rings. The Bertz CT molecular complexity index is 2080.